The predicted octanol–water partition coefficient (Wildman–Crippen LogP) is 8.45. The number of hydrogen-bond acceptors (Lipinski definition) is 0. The van der Waals surface area contributed by atoms with Crippen LogP contribution in [0.15, 0.2) is 164 Å². The van der Waals surface area contributed by atoms with Gasteiger partial charge in [0.2, 0.25) is 0 Å². The fourth-order valence-electron chi connectivity index (χ4n) is 7.01. The van der Waals surface area contributed by atoms with Crippen molar-refractivity contribution < 1.29 is 0 Å². The van der Waals surface area contributed by atoms with Gasteiger partial charge >= 0.3 is 0 Å². The number of hydrogen-bond donors (Lipinski definition) is 0. The van der Waals surface area contributed by atoms with Crippen LogP contribution in [0.25, 0.3) is 21.5 Å². The minimum atomic E-state index is -1.94. The minimum absolute atomic E-state index is 0.341. The van der Waals surface area contributed by atoms with Gasteiger partial charge in [-0.3, -0.25) is 0 Å². The van der Waals surface area contributed by atoms with Gasteiger partial charge in [0.05, 0.1) is 6.66 Å². The molecule has 0 nitrogen and oxygen atoms in total. The van der Waals surface area contributed by atoms with E-state index in [9.17, 15) is 0 Å². The molecular weight excluding hydrogens is 542 g/mol. The Kier molecular flexibility index (Phi) is 6.30. The molecule has 2 heteroatoms. The maximum atomic E-state index is 2.53. The van der Waals surface area contributed by atoms with Crippen molar-refractivity contribution in [3.63, 3.8) is 0 Å². The summed E-state index contributed by atoms with van der Waals surface area (Å²) in [7, 11) is -2.60. The largest absolute Gasteiger partial charge is 0.112 e. The molecule has 0 aliphatic heterocycles. The zero-order valence-corrected chi connectivity index (χ0v) is 25.3. The second-order valence-electron chi connectivity index (χ2n) is 11.2. The van der Waals surface area contributed by atoms with Gasteiger partial charge in [-0.15, -0.1) is 0 Å². The van der Waals surface area contributed by atoms with E-state index in [0.29, 0.717) is 5.66 Å². The normalized spacial score (nSPS) is 14.3. The number of fused-ring (bicyclic) bond motifs is 2. The van der Waals surface area contributed by atoms with Gasteiger partial charge in [-0.05, 0) is 82.2 Å². The first-order chi connectivity index (χ1) is 20.7. The molecule has 200 valence electrons. The van der Waals surface area contributed by atoms with E-state index < -0.39 is 15.2 Å². The highest BCUT2D eigenvalue weighted by molar-refractivity contribution is 7.95. The first-order valence-corrected chi connectivity index (χ1v) is 18.3. The van der Waals surface area contributed by atoms with Crippen LogP contribution in [0.4, 0.5) is 0 Å². The van der Waals surface area contributed by atoms with Crippen molar-refractivity contribution in [2.45, 2.75) is 5.66 Å². The van der Waals surface area contributed by atoms with Crippen LogP contribution in [0.1, 0.15) is 16.8 Å². The smallest absolute Gasteiger partial charge is 0.0622 e. The predicted molar refractivity (Wildman–Crippen MR) is 187 cm³/mol. The molecule has 0 N–H and O–H groups in total. The SMILES string of the molecule is C[P+](c1ccccc1)(c1ccccc1)c1cccc2cc3cccc4c3c(c12)C4P(c1ccccc1)c1ccccc1. The molecule has 0 spiro atoms. The summed E-state index contributed by atoms with van der Waals surface area (Å²) in [4.78, 5) is 0. The molecule has 0 heterocycles. The molecule has 0 bridgehead atoms. The van der Waals surface area contributed by atoms with Gasteiger partial charge < -0.3 is 0 Å². The second-order valence-corrected chi connectivity index (χ2v) is 17.0. The Morgan fingerprint density at radius 1 is 0.476 bits per heavy atom. The Bertz CT molecular complexity index is 1960. The van der Waals surface area contributed by atoms with Gasteiger partial charge in [0, 0.05) is 11.0 Å². The second kappa shape index (κ2) is 10.3. The van der Waals surface area contributed by atoms with Gasteiger partial charge in [-0.1, -0.05) is 127 Å². The average molecular weight is 574 g/mol. The molecule has 0 radical (unpaired) electrons. The Balaban J connectivity index is 1.47. The molecule has 0 saturated carbocycles. The molecule has 8 rings (SSSR count). The summed E-state index contributed by atoms with van der Waals surface area (Å²) in [5, 5.41) is 12.9. The lowest BCUT2D eigenvalue weighted by atomic mass is 9.81. The van der Waals surface area contributed by atoms with E-state index in [1.54, 1.807) is 5.56 Å². The van der Waals surface area contributed by atoms with E-state index in [0.717, 1.165) is 0 Å². The van der Waals surface area contributed by atoms with Crippen LogP contribution in [-0.4, -0.2) is 6.66 Å². The fourth-order valence-corrected chi connectivity index (χ4v) is 13.4. The molecule has 1 aliphatic carbocycles. The molecule has 42 heavy (non-hydrogen) atoms. The molecular formula is C40H31P2+. The maximum Gasteiger partial charge on any atom is 0.112 e. The first-order valence-electron chi connectivity index (χ1n) is 14.6. The average Bonchev–Trinajstić information content (AvgIpc) is 3.06. The van der Waals surface area contributed by atoms with Crippen molar-refractivity contribution in [1.29, 1.82) is 0 Å². The Morgan fingerprint density at radius 2 is 0.952 bits per heavy atom. The lowest BCUT2D eigenvalue weighted by molar-refractivity contribution is 1.13. The van der Waals surface area contributed by atoms with Crippen molar-refractivity contribution in [3.8, 4) is 0 Å². The summed E-state index contributed by atoms with van der Waals surface area (Å²) in [6.07, 6.45) is 0. The summed E-state index contributed by atoms with van der Waals surface area (Å²) < 4.78 is 0. The van der Waals surface area contributed by atoms with Crippen molar-refractivity contribution in [1.82, 2.24) is 0 Å². The quantitative estimate of drug-likeness (QED) is 0.138. The molecule has 7 aromatic rings. The van der Waals surface area contributed by atoms with Crippen molar-refractivity contribution in [3.05, 3.63) is 175 Å². The maximum absolute atomic E-state index is 2.53. The minimum Gasteiger partial charge on any atom is -0.0622 e. The van der Waals surface area contributed by atoms with Crippen LogP contribution in [0.3, 0.4) is 0 Å². The van der Waals surface area contributed by atoms with Crippen LogP contribution in [0, 0.1) is 0 Å². The van der Waals surface area contributed by atoms with Gasteiger partial charge in [0.25, 0.3) is 0 Å². The van der Waals surface area contributed by atoms with E-state index in [1.165, 1.54) is 53.6 Å². The lowest BCUT2D eigenvalue weighted by Gasteiger charge is -2.39. The molecule has 7 aromatic carbocycles. The molecule has 1 aliphatic rings. The summed E-state index contributed by atoms with van der Waals surface area (Å²) in [6.45, 7) is 2.53. The third kappa shape index (κ3) is 3.90. The molecule has 0 saturated heterocycles. The van der Waals surface area contributed by atoms with E-state index in [2.05, 4.69) is 170 Å². The Hall–Kier alpha value is -4.08. The van der Waals surface area contributed by atoms with Crippen molar-refractivity contribution in [2.75, 3.05) is 6.66 Å². The van der Waals surface area contributed by atoms with Crippen LogP contribution < -0.4 is 26.5 Å². The van der Waals surface area contributed by atoms with Gasteiger partial charge in [-0.25, -0.2) is 0 Å². The monoisotopic (exact) mass is 573 g/mol. The summed E-state index contributed by atoms with van der Waals surface area (Å²) in [5.74, 6) is 0. The highest BCUT2D eigenvalue weighted by Gasteiger charge is 2.45. The van der Waals surface area contributed by atoms with E-state index in [1.807, 2.05) is 0 Å². The van der Waals surface area contributed by atoms with E-state index >= 15 is 0 Å². The van der Waals surface area contributed by atoms with Crippen molar-refractivity contribution in [2.24, 2.45) is 0 Å². The highest BCUT2D eigenvalue weighted by atomic mass is 31.2. The number of benzene rings is 7. The molecule has 1 unspecified atom stereocenters. The van der Waals surface area contributed by atoms with Gasteiger partial charge in [-0.2, -0.15) is 0 Å². The van der Waals surface area contributed by atoms with Gasteiger partial charge in [0.15, 0.2) is 0 Å². The zero-order valence-electron chi connectivity index (χ0n) is 23.6. The summed E-state index contributed by atoms with van der Waals surface area (Å²) in [5.41, 5.74) is 3.39. The molecule has 0 fully saturated rings. The highest BCUT2D eigenvalue weighted by Crippen LogP contribution is 2.64. The topological polar surface area (TPSA) is 0 Å². The van der Waals surface area contributed by atoms with Crippen LogP contribution in [0.5, 0.6) is 0 Å². The Morgan fingerprint density at radius 3 is 1.50 bits per heavy atom. The third-order valence-electron chi connectivity index (χ3n) is 8.98. The molecule has 0 aromatic heterocycles. The lowest BCUT2D eigenvalue weighted by Crippen LogP contribution is -2.32. The standard InChI is InChI=1S/C40H31P2/c1-42(33-22-10-4-11-23-33,34-24-12-5-13-25-34)36-27-15-17-30-28-29-16-14-26-35-37(29)39(38(30)36)40(35)41(31-18-6-2-7-19-31)32-20-8-3-9-21-32/h2-28,40H,1H3/q+1. The van der Waals surface area contributed by atoms with Gasteiger partial charge in [0.1, 0.15) is 23.2 Å². The molecule has 1 atom stereocenters. The third-order valence-corrected chi connectivity index (χ3v) is 15.7. The van der Waals surface area contributed by atoms with Crippen LogP contribution in [-0.2, 0) is 0 Å². The summed E-state index contributed by atoms with van der Waals surface area (Å²) >= 11 is 0. The number of rotatable bonds is 6. The van der Waals surface area contributed by atoms with Crippen LogP contribution in [0.2, 0.25) is 0 Å². The zero-order chi connectivity index (χ0) is 28.1. The Labute approximate surface area is 249 Å². The van der Waals surface area contributed by atoms with Crippen LogP contribution >= 0.6 is 15.2 Å². The first kappa shape index (κ1) is 25.6. The fraction of sp³-hybridized carbons (Fsp3) is 0.0500. The van der Waals surface area contributed by atoms with Crippen molar-refractivity contribution >= 4 is 63.3 Å². The van der Waals surface area contributed by atoms with E-state index in [4.69, 9.17) is 0 Å². The summed E-state index contributed by atoms with van der Waals surface area (Å²) in [6, 6.07) is 61.4. The molecule has 0 amide bonds. The van der Waals surface area contributed by atoms with E-state index in [-0.39, 0.29) is 0 Å².